The molecular formula is C15H26IN3. The van der Waals surface area contributed by atoms with Crippen molar-refractivity contribution in [2.75, 3.05) is 13.6 Å². The van der Waals surface area contributed by atoms with Gasteiger partial charge in [-0.05, 0) is 25.8 Å². The molecule has 0 fully saturated rings. The Balaban J connectivity index is 0.00000324. The molecule has 1 aromatic carbocycles. The molecular weight excluding hydrogens is 349 g/mol. The van der Waals surface area contributed by atoms with Crippen LogP contribution in [0.25, 0.3) is 0 Å². The van der Waals surface area contributed by atoms with Gasteiger partial charge in [-0.2, -0.15) is 0 Å². The second-order valence-corrected chi connectivity index (χ2v) is 4.77. The first-order valence-electron chi connectivity index (χ1n) is 6.69. The zero-order valence-corrected chi connectivity index (χ0v) is 14.6. The molecule has 0 bridgehead atoms. The molecule has 0 amide bonds. The Hall–Kier alpha value is -0.780. The third-order valence-electron chi connectivity index (χ3n) is 2.93. The third kappa shape index (κ3) is 6.80. The average Bonchev–Trinajstić information content (AvgIpc) is 2.39. The van der Waals surface area contributed by atoms with Gasteiger partial charge in [0.25, 0.3) is 0 Å². The molecule has 0 aromatic heterocycles. The van der Waals surface area contributed by atoms with Crippen LogP contribution in [0.4, 0.5) is 0 Å². The standard InChI is InChI=1S/C15H25N3.HI/c1-5-13(14-9-7-6-8-10-14)11-17-15(16-4)18-12(2)3;/h6-10,12-13H,5,11H2,1-4H3,(H2,16,17,18);1H. The number of nitrogens with one attached hydrogen (secondary N) is 2. The third-order valence-corrected chi connectivity index (χ3v) is 2.93. The van der Waals surface area contributed by atoms with E-state index in [1.165, 1.54) is 5.56 Å². The van der Waals surface area contributed by atoms with Gasteiger partial charge in [0, 0.05) is 25.6 Å². The van der Waals surface area contributed by atoms with Crippen molar-refractivity contribution in [1.29, 1.82) is 0 Å². The smallest absolute Gasteiger partial charge is 0.191 e. The minimum Gasteiger partial charge on any atom is -0.356 e. The Bertz CT molecular complexity index is 363. The van der Waals surface area contributed by atoms with E-state index in [0.29, 0.717) is 12.0 Å². The molecule has 0 spiro atoms. The predicted molar refractivity (Wildman–Crippen MR) is 94.5 cm³/mol. The maximum Gasteiger partial charge on any atom is 0.191 e. The van der Waals surface area contributed by atoms with E-state index in [-0.39, 0.29) is 24.0 Å². The van der Waals surface area contributed by atoms with Gasteiger partial charge in [0.05, 0.1) is 0 Å². The second-order valence-electron chi connectivity index (χ2n) is 4.77. The lowest BCUT2D eigenvalue weighted by molar-refractivity contribution is 0.619. The van der Waals surface area contributed by atoms with Gasteiger partial charge < -0.3 is 10.6 Å². The minimum atomic E-state index is 0. The summed E-state index contributed by atoms with van der Waals surface area (Å²) in [5.74, 6) is 1.40. The van der Waals surface area contributed by atoms with E-state index in [9.17, 15) is 0 Å². The minimum absolute atomic E-state index is 0. The Morgan fingerprint density at radius 1 is 1.21 bits per heavy atom. The van der Waals surface area contributed by atoms with Crippen molar-refractivity contribution in [2.24, 2.45) is 4.99 Å². The van der Waals surface area contributed by atoms with Crippen LogP contribution in [0.1, 0.15) is 38.7 Å². The summed E-state index contributed by atoms with van der Waals surface area (Å²) in [5.41, 5.74) is 1.38. The molecule has 1 atom stereocenters. The highest BCUT2D eigenvalue weighted by molar-refractivity contribution is 14.0. The number of hydrogen-bond donors (Lipinski definition) is 2. The van der Waals surface area contributed by atoms with Crippen LogP contribution < -0.4 is 10.6 Å². The fourth-order valence-corrected chi connectivity index (χ4v) is 1.91. The fraction of sp³-hybridized carbons (Fsp3) is 0.533. The van der Waals surface area contributed by atoms with Gasteiger partial charge in [0.15, 0.2) is 5.96 Å². The summed E-state index contributed by atoms with van der Waals surface area (Å²) in [6.07, 6.45) is 1.12. The number of aliphatic imine (C=N–C) groups is 1. The van der Waals surface area contributed by atoms with Gasteiger partial charge >= 0.3 is 0 Å². The fourth-order valence-electron chi connectivity index (χ4n) is 1.91. The lowest BCUT2D eigenvalue weighted by atomic mass is 9.97. The van der Waals surface area contributed by atoms with Gasteiger partial charge in [-0.3, -0.25) is 4.99 Å². The molecule has 4 heteroatoms. The summed E-state index contributed by atoms with van der Waals surface area (Å²) in [6, 6.07) is 11.0. The lowest BCUT2D eigenvalue weighted by Gasteiger charge is -2.19. The zero-order chi connectivity index (χ0) is 13.4. The topological polar surface area (TPSA) is 36.4 Å². The van der Waals surface area contributed by atoms with Crippen molar-refractivity contribution in [2.45, 2.75) is 39.2 Å². The zero-order valence-electron chi connectivity index (χ0n) is 12.3. The van der Waals surface area contributed by atoms with Crippen molar-refractivity contribution in [1.82, 2.24) is 10.6 Å². The number of hydrogen-bond acceptors (Lipinski definition) is 1. The largest absolute Gasteiger partial charge is 0.356 e. The Kier molecular flexibility index (Phi) is 9.65. The highest BCUT2D eigenvalue weighted by Gasteiger charge is 2.09. The first-order valence-corrected chi connectivity index (χ1v) is 6.69. The van der Waals surface area contributed by atoms with Crippen LogP contribution in [0.5, 0.6) is 0 Å². The SMILES string of the molecule is CCC(CNC(=NC)NC(C)C)c1ccccc1.I. The molecule has 3 nitrogen and oxygen atoms in total. The van der Waals surface area contributed by atoms with Gasteiger partial charge in [-0.25, -0.2) is 0 Å². The highest BCUT2D eigenvalue weighted by Crippen LogP contribution is 2.17. The number of halogens is 1. The summed E-state index contributed by atoms with van der Waals surface area (Å²) < 4.78 is 0. The Morgan fingerprint density at radius 3 is 2.32 bits per heavy atom. The van der Waals surface area contributed by atoms with Crippen molar-refractivity contribution < 1.29 is 0 Å². The van der Waals surface area contributed by atoms with E-state index in [2.05, 4.69) is 66.7 Å². The van der Waals surface area contributed by atoms with Crippen LogP contribution in [0.2, 0.25) is 0 Å². The van der Waals surface area contributed by atoms with Gasteiger partial charge in [0.2, 0.25) is 0 Å². The molecule has 0 radical (unpaired) electrons. The van der Waals surface area contributed by atoms with E-state index >= 15 is 0 Å². The molecule has 0 aliphatic rings. The lowest BCUT2D eigenvalue weighted by Crippen LogP contribution is -2.42. The second kappa shape index (κ2) is 10.1. The van der Waals surface area contributed by atoms with Crippen LogP contribution >= 0.6 is 24.0 Å². The monoisotopic (exact) mass is 375 g/mol. The quantitative estimate of drug-likeness (QED) is 0.470. The summed E-state index contributed by atoms with van der Waals surface area (Å²) in [4.78, 5) is 4.22. The Labute approximate surface area is 134 Å². The number of benzene rings is 1. The van der Waals surface area contributed by atoms with Crippen LogP contribution in [0.3, 0.4) is 0 Å². The first-order chi connectivity index (χ1) is 8.67. The van der Waals surface area contributed by atoms with Gasteiger partial charge in [-0.1, -0.05) is 37.3 Å². The van der Waals surface area contributed by atoms with Crippen molar-refractivity contribution >= 4 is 29.9 Å². The summed E-state index contributed by atoms with van der Waals surface area (Å²) in [5, 5.41) is 6.69. The molecule has 0 aliphatic heterocycles. The van der Waals surface area contributed by atoms with E-state index in [1.54, 1.807) is 7.05 Å². The molecule has 19 heavy (non-hydrogen) atoms. The molecule has 0 aliphatic carbocycles. The summed E-state index contributed by atoms with van der Waals surface area (Å²) in [7, 11) is 1.81. The highest BCUT2D eigenvalue weighted by atomic mass is 127. The maximum absolute atomic E-state index is 4.22. The van der Waals surface area contributed by atoms with Gasteiger partial charge in [-0.15, -0.1) is 24.0 Å². The van der Waals surface area contributed by atoms with E-state index < -0.39 is 0 Å². The number of guanidine groups is 1. The summed E-state index contributed by atoms with van der Waals surface area (Å²) >= 11 is 0. The maximum atomic E-state index is 4.22. The molecule has 0 saturated heterocycles. The van der Waals surface area contributed by atoms with E-state index in [4.69, 9.17) is 0 Å². The Morgan fingerprint density at radius 2 is 1.84 bits per heavy atom. The molecule has 1 rings (SSSR count). The molecule has 1 unspecified atom stereocenters. The molecule has 2 N–H and O–H groups in total. The first kappa shape index (κ1) is 18.2. The van der Waals surface area contributed by atoms with Crippen molar-refractivity contribution in [3.63, 3.8) is 0 Å². The number of nitrogens with zero attached hydrogens (tertiary/aromatic N) is 1. The normalized spacial score (nSPS) is 12.8. The van der Waals surface area contributed by atoms with Crippen LogP contribution in [-0.2, 0) is 0 Å². The van der Waals surface area contributed by atoms with Crippen LogP contribution in [0.15, 0.2) is 35.3 Å². The van der Waals surface area contributed by atoms with Crippen molar-refractivity contribution in [3.8, 4) is 0 Å². The van der Waals surface area contributed by atoms with Crippen molar-refractivity contribution in [3.05, 3.63) is 35.9 Å². The van der Waals surface area contributed by atoms with Gasteiger partial charge in [0.1, 0.15) is 0 Å². The number of rotatable bonds is 5. The predicted octanol–water partition coefficient (Wildman–Crippen LogP) is 3.37. The summed E-state index contributed by atoms with van der Waals surface area (Å²) in [6.45, 7) is 7.35. The molecule has 108 valence electrons. The molecule has 0 heterocycles. The van der Waals surface area contributed by atoms with E-state index in [0.717, 1.165) is 18.9 Å². The van der Waals surface area contributed by atoms with Crippen LogP contribution in [0, 0.1) is 0 Å². The van der Waals surface area contributed by atoms with E-state index in [1.807, 2.05) is 0 Å². The molecule has 1 aromatic rings. The molecule has 0 saturated carbocycles. The van der Waals surface area contributed by atoms with Crippen LogP contribution in [-0.4, -0.2) is 25.6 Å². The average molecular weight is 375 g/mol.